The highest BCUT2D eigenvalue weighted by Gasteiger charge is 2.16. The van der Waals surface area contributed by atoms with Crippen molar-refractivity contribution < 1.29 is 8.78 Å². The summed E-state index contributed by atoms with van der Waals surface area (Å²) < 4.78 is 26.8. The standard InChI is InChI=1S/C14H17F2N/c1-3-5-6-10-13(17-4-2)11-8-7-9-12(15)14(11)16/h1,7-9,13,17H,4-6,10H2,2H3. The van der Waals surface area contributed by atoms with Gasteiger partial charge >= 0.3 is 0 Å². The minimum atomic E-state index is -0.803. The summed E-state index contributed by atoms with van der Waals surface area (Å²) in [5.74, 6) is 0.979. The predicted molar refractivity (Wildman–Crippen MR) is 65.5 cm³/mol. The molecule has 0 aliphatic rings. The van der Waals surface area contributed by atoms with Gasteiger partial charge in [-0.1, -0.05) is 19.1 Å². The van der Waals surface area contributed by atoms with Crippen molar-refractivity contribution in [2.75, 3.05) is 6.54 Å². The molecule has 1 aromatic carbocycles. The van der Waals surface area contributed by atoms with Crippen molar-refractivity contribution in [2.24, 2.45) is 0 Å². The maximum absolute atomic E-state index is 13.6. The van der Waals surface area contributed by atoms with Gasteiger partial charge in [0.15, 0.2) is 11.6 Å². The van der Waals surface area contributed by atoms with E-state index in [4.69, 9.17) is 6.42 Å². The van der Waals surface area contributed by atoms with Crippen LogP contribution < -0.4 is 5.32 Å². The van der Waals surface area contributed by atoms with Gasteiger partial charge in [-0.25, -0.2) is 8.78 Å². The van der Waals surface area contributed by atoms with Crippen molar-refractivity contribution in [2.45, 2.75) is 32.2 Å². The summed E-state index contributed by atoms with van der Waals surface area (Å²) in [6, 6.07) is 4.09. The lowest BCUT2D eigenvalue weighted by Crippen LogP contribution is -2.22. The monoisotopic (exact) mass is 237 g/mol. The largest absolute Gasteiger partial charge is 0.310 e. The summed E-state index contributed by atoms with van der Waals surface area (Å²) in [5.41, 5.74) is 0.379. The lowest BCUT2D eigenvalue weighted by atomic mass is 10.00. The minimum Gasteiger partial charge on any atom is -0.310 e. The van der Waals surface area contributed by atoms with E-state index < -0.39 is 11.6 Å². The molecule has 0 aliphatic heterocycles. The van der Waals surface area contributed by atoms with Crippen molar-refractivity contribution >= 4 is 0 Å². The van der Waals surface area contributed by atoms with Crippen molar-refractivity contribution in [3.05, 3.63) is 35.4 Å². The molecule has 92 valence electrons. The van der Waals surface area contributed by atoms with Crippen molar-refractivity contribution in [3.63, 3.8) is 0 Å². The van der Waals surface area contributed by atoms with Gasteiger partial charge in [0.05, 0.1) is 0 Å². The van der Waals surface area contributed by atoms with E-state index in [2.05, 4.69) is 11.2 Å². The Morgan fingerprint density at radius 3 is 2.82 bits per heavy atom. The molecule has 0 radical (unpaired) electrons. The SMILES string of the molecule is C#CCCCC(NCC)c1cccc(F)c1F. The van der Waals surface area contributed by atoms with Crippen molar-refractivity contribution in [3.8, 4) is 12.3 Å². The highest BCUT2D eigenvalue weighted by Crippen LogP contribution is 2.23. The van der Waals surface area contributed by atoms with Gasteiger partial charge in [-0.15, -0.1) is 12.3 Å². The Bertz CT molecular complexity index is 396. The number of rotatable bonds is 6. The zero-order valence-electron chi connectivity index (χ0n) is 9.97. The van der Waals surface area contributed by atoms with Gasteiger partial charge in [0, 0.05) is 18.0 Å². The average Bonchev–Trinajstić information content (AvgIpc) is 2.32. The molecule has 1 N–H and O–H groups in total. The summed E-state index contributed by atoms with van der Waals surface area (Å²) in [5, 5.41) is 3.15. The third-order valence-electron chi connectivity index (χ3n) is 2.62. The second kappa shape index (κ2) is 7.03. The zero-order valence-corrected chi connectivity index (χ0v) is 9.97. The quantitative estimate of drug-likeness (QED) is 0.590. The highest BCUT2D eigenvalue weighted by atomic mass is 19.2. The predicted octanol–water partition coefficient (Wildman–Crippen LogP) is 3.42. The van der Waals surface area contributed by atoms with Crippen LogP contribution in [0.1, 0.15) is 37.8 Å². The molecule has 1 aromatic rings. The molecule has 0 saturated carbocycles. The number of terminal acetylenes is 1. The molecule has 1 rings (SSSR count). The summed E-state index contributed by atoms with van der Waals surface area (Å²) in [7, 11) is 0. The molecule has 0 spiro atoms. The molecule has 0 amide bonds. The first-order valence-electron chi connectivity index (χ1n) is 5.81. The third-order valence-corrected chi connectivity index (χ3v) is 2.62. The van der Waals surface area contributed by atoms with E-state index in [0.29, 0.717) is 24.9 Å². The molecule has 1 nitrogen and oxygen atoms in total. The van der Waals surface area contributed by atoms with Gasteiger partial charge in [0.2, 0.25) is 0 Å². The molecular weight excluding hydrogens is 220 g/mol. The lowest BCUT2D eigenvalue weighted by Gasteiger charge is -2.18. The number of benzene rings is 1. The van der Waals surface area contributed by atoms with Crippen LogP contribution in [-0.4, -0.2) is 6.54 Å². The van der Waals surface area contributed by atoms with E-state index in [1.165, 1.54) is 6.07 Å². The van der Waals surface area contributed by atoms with Crippen LogP contribution in [0.15, 0.2) is 18.2 Å². The first kappa shape index (κ1) is 13.7. The van der Waals surface area contributed by atoms with Crippen LogP contribution in [0.4, 0.5) is 8.78 Å². The zero-order chi connectivity index (χ0) is 12.7. The van der Waals surface area contributed by atoms with Crippen LogP contribution in [-0.2, 0) is 0 Å². The average molecular weight is 237 g/mol. The number of halogens is 2. The van der Waals surface area contributed by atoms with Crippen molar-refractivity contribution in [1.82, 2.24) is 5.32 Å². The highest BCUT2D eigenvalue weighted by molar-refractivity contribution is 5.22. The summed E-state index contributed by atoms with van der Waals surface area (Å²) >= 11 is 0. The Morgan fingerprint density at radius 2 is 2.18 bits per heavy atom. The molecule has 17 heavy (non-hydrogen) atoms. The van der Waals surface area contributed by atoms with Crippen LogP contribution in [0.3, 0.4) is 0 Å². The van der Waals surface area contributed by atoms with Gasteiger partial charge < -0.3 is 5.32 Å². The van der Waals surface area contributed by atoms with Crippen LogP contribution in [0, 0.1) is 24.0 Å². The Kier molecular flexibility index (Phi) is 5.65. The van der Waals surface area contributed by atoms with Gasteiger partial charge in [-0.3, -0.25) is 0 Å². The summed E-state index contributed by atoms with van der Waals surface area (Å²) in [6.07, 6.45) is 7.33. The van der Waals surface area contributed by atoms with E-state index in [1.807, 2.05) is 6.92 Å². The topological polar surface area (TPSA) is 12.0 Å². The second-order valence-electron chi connectivity index (χ2n) is 3.85. The van der Waals surface area contributed by atoms with Crippen LogP contribution in [0.25, 0.3) is 0 Å². The smallest absolute Gasteiger partial charge is 0.163 e. The molecule has 1 unspecified atom stereocenters. The van der Waals surface area contributed by atoms with E-state index in [-0.39, 0.29) is 6.04 Å². The van der Waals surface area contributed by atoms with Crippen LogP contribution in [0.5, 0.6) is 0 Å². The molecular formula is C14H17F2N. The maximum atomic E-state index is 13.6. The minimum absolute atomic E-state index is 0.177. The Balaban J connectivity index is 2.82. The summed E-state index contributed by atoms with van der Waals surface area (Å²) in [4.78, 5) is 0. The van der Waals surface area contributed by atoms with E-state index in [1.54, 1.807) is 6.07 Å². The van der Waals surface area contributed by atoms with E-state index in [0.717, 1.165) is 12.5 Å². The molecule has 0 saturated heterocycles. The first-order chi connectivity index (χ1) is 8.20. The fraction of sp³-hybridized carbons (Fsp3) is 0.429. The van der Waals surface area contributed by atoms with Crippen LogP contribution >= 0.6 is 0 Å². The molecule has 0 heterocycles. The van der Waals surface area contributed by atoms with Gasteiger partial charge in [-0.2, -0.15) is 0 Å². The third kappa shape index (κ3) is 3.83. The molecule has 0 aromatic heterocycles. The van der Waals surface area contributed by atoms with Gasteiger partial charge in [0.25, 0.3) is 0 Å². The van der Waals surface area contributed by atoms with Crippen LogP contribution in [0.2, 0.25) is 0 Å². The van der Waals surface area contributed by atoms with Gasteiger partial charge in [-0.05, 0) is 25.5 Å². The number of hydrogen-bond acceptors (Lipinski definition) is 1. The summed E-state index contributed by atoms with van der Waals surface area (Å²) in [6.45, 7) is 2.64. The normalized spacial score (nSPS) is 12.1. The van der Waals surface area contributed by atoms with Gasteiger partial charge in [0.1, 0.15) is 0 Å². The Hall–Kier alpha value is -1.40. The molecule has 1 atom stereocenters. The molecule has 0 bridgehead atoms. The lowest BCUT2D eigenvalue weighted by molar-refractivity contribution is 0.447. The van der Waals surface area contributed by atoms with Crippen molar-refractivity contribution in [1.29, 1.82) is 0 Å². The molecule has 0 aliphatic carbocycles. The van der Waals surface area contributed by atoms with E-state index >= 15 is 0 Å². The fourth-order valence-corrected chi connectivity index (χ4v) is 1.81. The molecule has 3 heteroatoms. The Morgan fingerprint density at radius 1 is 1.41 bits per heavy atom. The first-order valence-corrected chi connectivity index (χ1v) is 5.81. The fourth-order valence-electron chi connectivity index (χ4n) is 1.81. The second-order valence-corrected chi connectivity index (χ2v) is 3.85. The maximum Gasteiger partial charge on any atom is 0.163 e. The Labute approximate surface area is 101 Å². The number of nitrogens with one attached hydrogen (secondary N) is 1. The number of hydrogen-bond donors (Lipinski definition) is 1. The number of unbranched alkanes of at least 4 members (excludes halogenated alkanes) is 1. The van der Waals surface area contributed by atoms with E-state index in [9.17, 15) is 8.78 Å². The molecule has 0 fully saturated rings.